The van der Waals surface area contributed by atoms with Crippen molar-refractivity contribution in [3.8, 4) is 5.75 Å². The van der Waals surface area contributed by atoms with E-state index in [1.54, 1.807) is 12.1 Å². The third kappa shape index (κ3) is 4.45. The highest BCUT2D eigenvalue weighted by molar-refractivity contribution is 5.90. The summed E-state index contributed by atoms with van der Waals surface area (Å²) in [5.74, 6) is 0.278. The number of rotatable bonds is 2. The minimum atomic E-state index is 0.278. The number of nitrogen functional groups attached to an aromatic ring is 2. The molecule has 0 aliphatic rings. The quantitative estimate of drug-likeness (QED) is 0.380. The summed E-state index contributed by atoms with van der Waals surface area (Å²) >= 11 is 0. The molecule has 0 radical (unpaired) electrons. The molecule has 0 aliphatic heterocycles. The van der Waals surface area contributed by atoms with Crippen molar-refractivity contribution in [1.29, 1.82) is 0 Å². The minimum absolute atomic E-state index is 0.278. The standard InChI is InChI=1S/C12H12N2.C10H9NO/c13-10-5-4-8-12(9-10)14-11-6-2-1-3-7-11;11-8-5-4-7-2-1-3-10(12)9(7)6-8/h1-9,14H,13H2;1-6,12H,11H2. The Hall–Kier alpha value is -3.66. The van der Waals surface area contributed by atoms with E-state index in [0.717, 1.165) is 27.8 Å². The maximum atomic E-state index is 9.44. The topological polar surface area (TPSA) is 84.3 Å². The van der Waals surface area contributed by atoms with Crippen molar-refractivity contribution in [2.75, 3.05) is 16.8 Å². The number of aromatic hydroxyl groups is 1. The van der Waals surface area contributed by atoms with Gasteiger partial charge in [-0.25, -0.2) is 0 Å². The second-order valence-electron chi connectivity index (χ2n) is 5.87. The first-order valence-corrected chi connectivity index (χ1v) is 8.27. The second kappa shape index (κ2) is 7.94. The Kier molecular flexibility index (Phi) is 5.25. The molecule has 0 unspecified atom stereocenters. The first kappa shape index (κ1) is 17.2. The lowest BCUT2D eigenvalue weighted by atomic mass is 10.1. The third-order valence-electron chi connectivity index (χ3n) is 3.83. The Bertz CT molecular complexity index is 1000. The largest absolute Gasteiger partial charge is 0.507 e. The maximum Gasteiger partial charge on any atom is 0.123 e. The summed E-state index contributed by atoms with van der Waals surface area (Å²) in [5.41, 5.74) is 14.8. The number of phenols is 1. The van der Waals surface area contributed by atoms with Crippen LogP contribution in [-0.4, -0.2) is 5.11 Å². The summed E-state index contributed by atoms with van der Waals surface area (Å²) in [6, 6.07) is 28.6. The number of hydrogen-bond donors (Lipinski definition) is 4. The maximum absolute atomic E-state index is 9.44. The van der Waals surface area contributed by atoms with E-state index >= 15 is 0 Å². The first-order valence-electron chi connectivity index (χ1n) is 8.27. The van der Waals surface area contributed by atoms with Gasteiger partial charge >= 0.3 is 0 Å². The number of nitrogens with one attached hydrogen (secondary N) is 1. The molecule has 0 amide bonds. The number of para-hydroxylation sites is 1. The molecule has 0 spiro atoms. The Labute approximate surface area is 152 Å². The highest BCUT2D eigenvalue weighted by Gasteiger charge is 1.97. The van der Waals surface area contributed by atoms with E-state index in [4.69, 9.17) is 11.5 Å². The predicted molar refractivity (Wildman–Crippen MR) is 111 cm³/mol. The van der Waals surface area contributed by atoms with Gasteiger partial charge in [0.05, 0.1) is 0 Å². The van der Waals surface area contributed by atoms with Crippen LogP contribution in [0.2, 0.25) is 0 Å². The molecule has 4 aromatic rings. The van der Waals surface area contributed by atoms with Crippen LogP contribution in [0.3, 0.4) is 0 Å². The molecule has 0 aliphatic carbocycles. The van der Waals surface area contributed by atoms with Crippen molar-refractivity contribution in [1.82, 2.24) is 0 Å². The third-order valence-corrected chi connectivity index (χ3v) is 3.83. The zero-order valence-electron chi connectivity index (χ0n) is 14.3. The van der Waals surface area contributed by atoms with Crippen LogP contribution < -0.4 is 16.8 Å². The number of anilines is 4. The number of phenolic OH excluding ortho intramolecular Hbond substituents is 1. The molecule has 0 heterocycles. The Morgan fingerprint density at radius 1 is 0.615 bits per heavy atom. The van der Waals surface area contributed by atoms with E-state index in [9.17, 15) is 5.11 Å². The molecule has 130 valence electrons. The van der Waals surface area contributed by atoms with Crippen molar-refractivity contribution in [2.45, 2.75) is 0 Å². The molecule has 0 bridgehead atoms. The Morgan fingerprint density at radius 3 is 2.08 bits per heavy atom. The summed E-state index contributed by atoms with van der Waals surface area (Å²) in [5, 5.41) is 14.5. The smallest absolute Gasteiger partial charge is 0.123 e. The van der Waals surface area contributed by atoms with E-state index in [1.807, 2.05) is 78.9 Å². The van der Waals surface area contributed by atoms with Crippen LogP contribution in [0.5, 0.6) is 5.75 Å². The predicted octanol–water partition coefficient (Wildman–Crippen LogP) is 5.14. The van der Waals surface area contributed by atoms with Crippen LogP contribution in [0.1, 0.15) is 0 Å². The Balaban J connectivity index is 0.000000152. The van der Waals surface area contributed by atoms with Gasteiger partial charge in [0, 0.05) is 28.1 Å². The van der Waals surface area contributed by atoms with Gasteiger partial charge in [0.25, 0.3) is 0 Å². The zero-order chi connectivity index (χ0) is 18.4. The van der Waals surface area contributed by atoms with E-state index in [2.05, 4.69) is 5.32 Å². The molecule has 0 aromatic heterocycles. The van der Waals surface area contributed by atoms with Crippen LogP contribution in [0.4, 0.5) is 22.7 Å². The average molecular weight is 343 g/mol. The van der Waals surface area contributed by atoms with Gasteiger partial charge in [-0.3, -0.25) is 0 Å². The van der Waals surface area contributed by atoms with Crippen molar-refractivity contribution in [2.24, 2.45) is 0 Å². The summed E-state index contributed by atoms with van der Waals surface area (Å²) in [6.45, 7) is 0. The monoisotopic (exact) mass is 343 g/mol. The molecule has 4 rings (SSSR count). The summed E-state index contributed by atoms with van der Waals surface area (Å²) < 4.78 is 0. The summed E-state index contributed by atoms with van der Waals surface area (Å²) in [6.07, 6.45) is 0. The zero-order valence-corrected chi connectivity index (χ0v) is 14.3. The number of fused-ring (bicyclic) bond motifs is 1. The molecule has 4 aromatic carbocycles. The highest BCUT2D eigenvalue weighted by atomic mass is 16.3. The van der Waals surface area contributed by atoms with Gasteiger partial charge in [-0.05, 0) is 53.9 Å². The first-order chi connectivity index (χ1) is 12.6. The highest BCUT2D eigenvalue weighted by Crippen LogP contribution is 2.25. The molecule has 4 heteroatoms. The van der Waals surface area contributed by atoms with Crippen LogP contribution in [-0.2, 0) is 0 Å². The fourth-order valence-electron chi connectivity index (χ4n) is 2.58. The molecule has 26 heavy (non-hydrogen) atoms. The molecule has 0 atom stereocenters. The van der Waals surface area contributed by atoms with Gasteiger partial charge in [-0.2, -0.15) is 0 Å². The summed E-state index contributed by atoms with van der Waals surface area (Å²) in [4.78, 5) is 0. The molecule has 0 saturated heterocycles. The molecule has 0 saturated carbocycles. The molecule has 4 nitrogen and oxygen atoms in total. The van der Waals surface area contributed by atoms with Gasteiger partial charge in [0.15, 0.2) is 0 Å². The lowest BCUT2D eigenvalue weighted by molar-refractivity contribution is 0.481. The van der Waals surface area contributed by atoms with Crippen LogP contribution in [0.15, 0.2) is 91.0 Å². The summed E-state index contributed by atoms with van der Waals surface area (Å²) in [7, 11) is 0. The van der Waals surface area contributed by atoms with E-state index < -0.39 is 0 Å². The van der Waals surface area contributed by atoms with Gasteiger partial charge < -0.3 is 21.9 Å². The van der Waals surface area contributed by atoms with Crippen LogP contribution >= 0.6 is 0 Å². The lowest BCUT2D eigenvalue weighted by Gasteiger charge is -2.06. The lowest BCUT2D eigenvalue weighted by Crippen LogP contribution is -1.91. The normalized spacial score (nSPS) is 10.0. The van der Waals surface area contributed by atoms with E-state index in [0.29, 0.717) is 5.69 Å². The van der Waals surface area contributed by atoms with Gasteiger partial charge in [-0.1, -0.05) is 42.5 Å². The van der Waals surface area contributed by atoms with Crippen molar-refractivity contribution in [3.63, 3.8) is 0 Å². The average Bonchev–Trinajstić information content (AvgIpc) is 2.64. The number of nitrogens with two attached hydrogens (primary N) is 2. The molecular formula is C22H21N3O. The fourth-order valence-corrected chi connectivity index (χ4v) is 2.58. The Morgan fingerprint density at radius 2 is 1.31 bits per heavy atom. The van der Waals surface area contributed by atoms with E-state index in [-0.39, 0.29) is 5.75 Å². The SMILES string of the molecule is Nc1ccc2cccc(O)c2c1.Nc1cccc(Nc2ccccc2)c1. The molecule has 6 N–H and O–H groups in total. The van der Waals surface area contributed by atoms with Gasteiger partial charge in [0.2, 0.25) is 0 Å². The van der Waals surface area contributed by atoms with Crippen LogP contribution in [0, 0.1) is 0 Å². The van der Waals surface area contributed by atoms with E-state index in [1.165, 1.54) is 0 Å². The van der Waals surface area contributed by atoms with Gasteiger partial charge in [-0.15, -0.1) is 0 Å². The molecule has 0 fully saturated rings. The van der Waals surface area contributed by atoms with Crippen LogP contribution in [0.25, 0.3) is 10.8 Å². The number of benzene rings is 4. The van der Waals surface area contributed by atoms with Crippen molar-refractivity contribution in [3.05, 3.63) is 91.0 Å². The van der Waals surface area contributed by atoms with Gasteiger partial charge in [0.1, 0.15) is 5.75 Å². The minimum Gasteiger partial charge on any atom is -0.507 e. The number of hydrogen-bond acceptors (Lipinski definition) is 4. The van der Waals surface area contributed by atoms with Crippen molar-refractivity contribution >= 4 is 33.5 Å². The molecular weight excluding hydrogens is 322 g/mol. The fraction of sp³-hybridized carbons (Fsp3) is 0. The van der Waals surface area contributed by atoms with Crippen molar-refractivity contribution < 1.29 is 5.11 Å². The second-order valence-corrected chi connectivity index (χ2v) is 5.87.